The van der Waals surface area contributed by atoms with E-state index in [0.29, 0.717) is 12.0 Å². The van der Waals surface area contributed by atoms with Crippen LogP contribution < -0.4 is 10.5 Å². The zero-order valence-corrected chi connectivity index (χ0v) is 12.4. The molecule has 0 saturated heterocycles. The predicted octanol–water partition coefficient (Wildman–Crippen LogP) is 2.81. The molecule has 1 rings (SSSR count). The largest absolute Gasteiger partial charge is 0.494 e. The molecule has 0 bridgehead atoms. The van der Waals surface area contributed by atoms with Gasteiger partial charge in [0.05, 0.1) is 20.6 Å². The number of ether oxygens (including phenoxy) is 2. The van der Waals surface area contributed by atoms with Gasteiger partial charge in [-0.15, -0.1) is 0 Å². The molecule has 4 nitrogen and oxygen atoms in total. The molecule has 112 valence electrons. The topological polar surface area (TPSA) is 61.5 Å². The Bertz CT molecular complexity index is 474. The van der Waals surface area contributed by atoms with Crippen LogP contribution in [0, 0.1) is 11.2 Å². The minimum absolute atomic E-state index is 0.190. The number of esters is 1. The van der Waals surface area contributed by atoms with Crippen LogP contribution in [0.4, 0.5) is 4.39 Å². The van der Waals surface area contributed by atoms with Gasteiger partial charge in [-0.1, -0.05) is 19.9 Å². The molecule has 0 aliphatic carbocycles. The summed E-state index contributed by atoms with van der Waals surface area (Å²) < 4.78 is 23.2. The van der Waals surface area contributed by atoms with E-state index in [4.69, 9.17) is 10.5 Å². The summed E-state index contributed by atoms with van der Waals surface area (Å²) in [5.41, 5.74) is 6.46. The van der Waals surface area contributed by atoms with E-state index in [0.717, 1.165) is 0 Å². The molecule has 1 atom stereocenters. The lowest BCUT2D eigenvalue weighted by molar-refractivity contribution is -0.143. The van der Waals surface area contributed by atoms with E-state index in [9.17, 15) is 9.18 Å². The highest BCUT2D eigenvalue weighted by Crippen LogP contribution is 2.33. The van der Waals surface area contributed by atoms with Gasteiger partial charge in [0.25, 0.3) is 0 Å². The molecule has 0 radical (unpaired) electrons. The van der Waals surface area contributed by atoms with Crippen molar-refractivity contribution in [2.75, 3.05) is 14.2 Å². The zero-order valence-electron chi connectivity index (χ0n) is 12.4. The number of methoxy groups -OCH3 is 2. The molecule has 0 spiro atoms. The van der Waals surface area contributed by atoms with Gasteiger partial charge in [-0.05, 0) is 29.5 Å². The summed E-state index contributed by atoms with van der Waals surface area (Å²) in [5, 5.41) is 0. The molecular weight excluding hydrogens is 261 g/mol. The van der Waals surface area contributed by atoms with E-state index in [2.05, 4.69) is 4.74 Å². The van der Waals surface area contributed by atoms with Crippen LogP contribution in [0.5, 0.6) is 5.75 Å². The lowest BCUT2D eigenvalue weighted by Crippen LogP contribution is -2.24. The maximum absolute atomic E-state index is 13.7. The molecule has 5 heteroatoms. The fraction of sp³-hybridized carbons (Fsp3) is 0.533. The molecule has 1 unspecified atom stereocenters. The summed E-state index contributed by atoms with van der Waals surface area (Å²) in [6, 6.07) is 4.31. The Morgan fingerprint density at radius 3 is 2.55 bits per heavy atom. The Morgan fingerprint density at radius 1 is 1.40 bits per heavy atom. The first-order valence-electron chi connectivity index (χ1n) is 6.45. The molecule has 0 aromatic heterocycles. The van der Waals surface area contributed by atoms with E-state index in [1.165, 1.54) is 20.3 Å². The quantitative estimate of drug-likeness (QED) is 0.815. The first-order chi connectivity index (χ1) is 9.29. The van der Waals surface area contributed by atoms with Gasteiger partial charge >= 0.3 is 5.97 Å². The first-order valence-corrected chi connectivity index (χ1v) is 6.45. The van der Waals surface area contributed by atoms with Crippen LogP contribution in [0.2, 0.25) is 0 Å². The minimum atomic E-state index is -0.439. The predicted molar refractivity (Wildman–Crippen MR) is 74.9 cm³/mol. The van der Waals surface area contributed by atoms with Crippen molar-refractivity contribution in [1.82, 2.24) is 0 Å². The average molecular weight is 283 g/mol. The Balaban J connectivity index is 2.77. The third-order valence-corrected chi connectivity index (χ3v) is 3.23. The van der Waals surface area contributed by atoms with Crippen molar-refractivity contribution < 1.29 is 18.7 Å². The number of benzene rings is 1. The number of carbonyl (C=O) groups is 1. The smallest absolute Gasteiger partial charge is 0.306 e. The minimum Gasteiger partial charge on any atom is -0.494 e. The van der Waals surface area contributed by atoms with Crippen LogP contribution in [0.15, 0.2) is 18.2 Å². The molecule has 0 aliphatic heterocycles. The molecule has 1 aromatic carbocycles. The monoisotopic (exact) mass is 283 g/mol. The SMILES string of the molecule is COC(=O)CC(C)(C)CC(N)c1ccc(OC)c(F)c1. The second-order valence-corrected chi connectivity index (χ2v) is 5.62. The molecule has 0 saturated carbocycles. The van der Waals surface area contributed by atoms with Gasteiger partial charge in [0, 0.05) is 6.04 Å². The van der Waals surface area contributed by atoms with E-state index < -0.39 is 5.82 Å². The van der Waals surface area contributed by atoms with E-state index in [1.54, 1.807) is 12.1 Å². The average Bonchev–Trinajstić information content (AvgIpc) is 2.37. The third kappa shape index (κ3) is 4.49. The highest BCUT2D eigenvalue weighted by Gasteiger charge is 2.26. The Labute approximate surface area is 119 Å². The number of nitrogens with two attached hydrogens (primary N) is 1. The number of rotatable bonds is 6. The van der Waals surface area contributed by atoms with Crippen molar-refractivity contribution in [3.63, 3.8) is 0 Å². The highest BCUT2D eigenvalue weighted by atomic mass is 19.1. The van der Waals surface area contributed by atoms with Gasteiger partial charge in [-0.2, -0.15) is 0 Å². The fourth-order valence-corrected chi connectivity index (χ4v) is 2.16. The summed E-state index contributed by atoms with van der Waals surface area (Å²) in [6.45, 7) is 3.87. The molecule has 0 aliphatic rings. The lowest BCUT2D eigenvalue weighted by atomic mass is 9.81. The van der Waals surface area contributed by atoms with Gasteiger partial charge < -0.3 is 15.2 Å². The maximum atomic E-state index is 13.7. The normalized spacial score (nSPS) is 12.9. The van der Waals surface area contributed by atoms with Crippen molar-refractivity contribution in [2.24, 2.45) is 11.1 Å². The number of hydrogen-bond acceptors (Lipinski definition) is 4. The van der Waals surface area contributed by atoms with E-state index in [-0.39, 0.29) is 29.6 Å². The summed E-state index contributed by atoms with van der Waals surface area (Å²) in [4.78, 5) is 11.3. The van der Waals surface area contributed by atoms with Crippen molar-refractivity contribution >= 4 is 5.97 Å². The standard InChI is InChI=1S/C15H22FNO3/c1-15(2,9-14(18)20-4)8-12(17)10-5-6-13(19-3)11(16)7-10/h5-7,12H,8-9,17H2,1-4H3. The van der Waals surface area contributed by atoms with E-state index >= 15 is 0 Å². The van der Waals surface area contributed by atoms with Crippen LogP contribution in [0.25, 0.3) is 0 Å². The highest BCUT2D eigenvalue weighted by molar-refractivity contribution is 5.69. The summed E-state index contributed by atoms with van der Waals surface area (Å²) >= 11 is 0. The van der Waals surface area contributed by atoms with E-state index in [1.807, 2.05) is 13.8 Å². The van der Waals surface area contributed by atoms with Gasteiger partial charge in [-0.3, -0.25) is 4.79 Å². The van der Waals surface area contributed by atoms with Crippen LogP contribution >= 0.6 is 0 Å². The second-order valence-electron chi connectivity index (χ2n) is 5.62. The molecule has 1 aromatic rings. The molecule has 0 fully saturated rings. The van der Waals surface area contributed by atoms with Crippen molar-refractivity contribution in [1.29, 1.82) is 0 Å². The first kappa shape index (κ1) is 16.4. The van der Waals surface area contributed by atoms with Crippen molar-refractivity contribution in [3.05, 3.63) is 29.6 Å². The molecule has 20 heavy (non-hydrogen) atoms. The van der Waals surface area contributed by atoms with Crippen LogP contribution in [0.1, 0.15) is 38.3 Å². The molecule has 2 N–H and O–H groups in total. The zero-order chi connectivity index (χ0) is 15.3. The Morgan fingerprint density at radius 2 is 2.05 bits per heavy atom. The van der Waals surface area contributed by atoms with Crippen LogP contribution in [0.3, 0.4) is 0 Å². The molecule has 0 heterocycles. The fourth-order valence-electron chi connectivity index (χ4n) is 2.16. The number of hydrogen-bond donors (Lipinski definition) is 1. The van der Waals surface area contributed by atoms with Gasteiger partial charge in [0.2, 0.25) is 0 Å². The summed E-state index contributed by atoms with van der Waals surface area (Å²) in [5.74, 6) is -0.524. The van der Waals surface area contributed by atoms with Crippen molar-refractivity contribution in [3.8, 4) is 5.75 Å². The molecule has 0 amide bonds. The third-order valence-electron chi connectivity index (χ3n) is 3.23. The van der Waals surface area contributed by atoms with Crippen LogP contribution in [-0.4, -0.2) is 20.2 Å². The van der Waals surface area contributed by atoms with Gasteiger partial charge in [0.1, 0.15) is 0 Å². The van der Waals surface area contributed by atoms with Gasteiger partial charge in [-0.25, -0.2) is 4.39 Å². The van der Waals surface area contributed by atoms with Gasteiger partial charge in [0.15, 0.2) is 11.6 Å². The van der Waals surface area contributed by atoms with Crippen LogP contribution in [-0.2, 0) is 9.53 Å². The lowest BCUT2D eigenvalue weighted by Gasteiger charge is -2.27. The summed E-state index contributed by atoms with van der Waals surface area (Å²) in [7, 11) is 2.77. The number of carbonyl (C=O) groups excluding carboxylic acids is 1. The number of halogens is 1. The summed E-state index contributed by atoms with van der Waals surface area (Å²) in [6.07, 6.45) is 0.823. The Kier molecular flexibility index (Phi) is 5.51. The Hall–Kier alpha value is -1.62. The molecular formula is C15H22FNO3. The second kappa shape index (κ2) is 6.70. The maximum Gasteiger partial charge on any atom is 0.306 e. The van der Waals surface area contributed by atoms with Crippen molar-refractivity contribution in [2.45, 2.75) is 32.7 Å².